The van der Waals surface area contributed by atoms with E-state index in [4.69, 9.17) is 4.99 Å². The van der Waals surface area contributed by atoms with E-state index < -0.39 is 0 Å². The first-order valence-electron chi connectivity index (χ1n) is 13.2. The van der Waals surface area contributed by atoms with E-state index in [0.29, 0.717) is 5.92 Å². The van der Waals surface area contributed by atoms with E-state index in [1.807, 2.05) is 19.9 Å². The molecule has 0 spiro atoms. The van der Waals surface area contributed by atoms with E-state index in [1.54, 1.807) is 0 Å². The molecule has 1 aromatic rings. The van der Waals surface area contributed by atoms with E-state index in [9.17, 15) is 0 Å². The molecule has 0 radical (unpaired) electrons. The molecule has 184 valence electrons. The molecule has 0 aromatic heterocycles. The first-order chi connectivity index (χ1) is 16.6. The molecule has 1 aliphatic carbocycles. The zero-order valence-electron chi connectivity index (χ0n) is 22.1. The summed E-state index contributed by atoms with van der Waals surface area (Å²) in [5.41, 5.74) is 5.63. The standard InChI is InChI=1S/C29H39N3.C2H6/c1-5-8-19-32(18-6-2)20-10-9-11-24-14-16-26-28(21-24)31-29-22-25(13-12-23(4)7-3)15-17-27(29)30-26;1-2/h5,9,11-17,21-23,26,30H,1,6-8,10,18-20H2,2-4H3;1-2H3/b11-9-,13-12-;. The minimum Gasteiger partial charge on any atom is -0.372 e. The minimum absolute atomic E-state index is 0.153. The van der Waals surface area contributed by atoms with Crippen LogP contribution in [0.4, 0.5) is 11.4 Å². The molecule has 0 saturated carbocycles. The molecule has 3 heteroatoms. The van der Waals surface area contributed by atoms with Crippen LogP contribution in [0.1, 0.15) is 65.9 Å². The summed E-state index contributed by atoms with van der Waals surface area (Å²) in [5.74, 6) is 0.594. The Balaban J connectivity index is 0.00000199. The summed E-state index contributed by atoms with van der Waals surface area (Å²) in [5, 5.41) is 3.61. The third-order valence-corrected chi connectivity index (χ3v) is 6.07. The largest absolute Gasteiger partial charge is 0.372 e. The Hall–Kier alpha value is -2.65. The molecule has 34 heavy (non-hydrogen) atoms. The fourth-order valence-electron chi connectivity index (χ4n) is 3.93. The normalized spacial score (nSPS) is 17.4. The molecule has 3 rings (SSSR count). The number of allylic oxidation sites excluding steroid dienone is 4. The number of hydrogen-bond donors (Lipinski definition) is 1. The second kappa shape index (κ2) is 15.3. The lowest BCUT2D eigenvalue weighted by Crippen LogP contribution is -2.30. The summed E-state index contributed by atoms with van der Waals surface area (Å²) in [6.45, 7) is 17.9. The maximum atomic E-state index is 4.98. The highest BCUT2D eigenvalue weighted by molar-refractivity contribution is 6.08. The van der Waals surface area contributed by atoms with Gasteiger partial charge < -0.3 is 10.2 Å². The van der Waals surface area contributed by atoms with Gasteiger partial charge in [0.1, 0.15) is 0 Å². The highest BCUT2D eigenvalue weighted by Gasteiger charge is 2.21. The van der Waals surface area contributed by atoms with Crippen molar-refractivity contribution < 1.29 is 0 Å². The summed E-state index contributed by atoms with van der Waals surface area (Å²) in [6.07, 6.45) is 22.1. The van der Waals surface area contributed by atoms with Crippen molar-refractivity contribution in [3.63, 3.8) is 0 Å². The van der Waals surface area contributed by atoms with Crippen molar-refractivity contribution >= 4 is 23.2 Å². The number of aliphatic imine (C=N–C) groups is 1. The predicted octanol–water partition coefficient (Wildman–Crippen LogP) is 8.37. The van der Waals surface area contributed by atoms with Crippen LogP contribution < -0.4 is 5.32 Å². The van der Waals surface area contributed by atoms with Crippen molar-refractivity contribution in [2.45, 2.75) is 66.3 Å². The Morgan fingerprint density at radius 2 is 1.91 bits per heavy atom. The molecule has 1 heterocycles. The Labute approximate surface area is 208 Å². The van der Waals surface area contributed by atoms with Gasteiger partial charge in [-0.05, 0) is 61.1 Å². The fourth-order valence-corrected chi connectivity index (χ4v) is 3.93. The van der Waals surface area contributed by atoms with Gasteiger partial charge in [-0.25, -0.2) is 4.99 Å². The number of rotatable bonds is 12. The average Bonchev–Trinajstić information content (AvgIpc) is 2.87. The Morgan fingerprint density at radius 3 is 2.65 bits per heavy atom. The molecule has 0 amide bonds. The van der Waals surface area contributed by atoms with Crippen LogP contribution in [0, 0.1) is 5.92 Å². The second-order valence-electron chi connectivity index (χ2n) is 8.79. The molecule has 1 aromatic carbocycles. The molecule has 2 aliphatic rings. The van der Waals surface area contributed by atoms with E-state index in [-0.39, 0.29) is 6.04 Å². The van der Waals surface area contributed by atoms with Gasteiger partial charge in [0.05, 0.1) is 23.1 Å². The van der Waals surface area contributed by atoms with Crippen LogP contribution in [0.15, 0.2) is 77.9 Å². The van der Waals surface area contributed by atoms with Gasteiger partial charge in [0.2, 0.25) is 0 Å². The van der Waals surface area contributed by atoms with Crippen molar-refractivity contribution in [3.8, 4) is 0 Å². The van der Waals surface area contributed by atoms with E-state index >= 15 is 0 Å². The fraction of sp³-hybridized carbons (Fsp3) is 0.452. The van der Waals surface area contributed by atoms with Gasteiger partial charge in [0, 0.05) is 13.1 Å². The molecule has 0 fully saturated rings. The number of nitrogens with one attached hydrogen (secondary N) is 1. The number of hydrogen-bond acceptors (Lipinski definition) is 3. The number of anilines is 1. The molecule has 1 aliphatic heterocycles. The van der Waals surface area contributed by atoms with Crippen LogP contribution in [-0.4, -0.2) is 36.3 Å². The second-order valence-corrected chi connectivity index (χ2v) is 8.79. The summed E-state index contributed by atoms with van der Waals surface area (Å²) in [7, 11) is 0. The predicted molar refractivity (Wildman–Crippen MR) is 153 cm³/mol. The molecule has 1 N–H and O–H groups in total. The maximum absolute atomic E-state index is 4.98. The molecule has 2 unspecified atom stereocenters. The zero-order chi connectivity index (χ0) is 24.8. The highest BCUT2D eigenvalue weighted by atomic mass is 15.1. The first kappa shape index (κ1) is 27.6. The van der Waals surface area contributed by atoms with Gasteiger partial charge in [-0.1, -0.05) is 89.6 Å². The van der Waals surface area contributed by atoms with Crippen LogP contribution >= 0.6 is 0 Å². The molecule has 0 bridgehead atoms. The van der Waals surface area contributed by atoms with E-state index in [2.05, 4.69) is 98.3 Å². The van der Waals surface area contributed by atoms with Crippen LogP contribution in [-0.2, 0) is 0 Å². The third-order valence-electron chi connectivity index (χ3n) is 6.07. The quantitative estimate of drug-likeness (QED) is 0.318. The molecular formula is C31H45N3. The van der Waals surface area contributed by atoms with Crippen LogP contribution in [0.3, 0.4) is 0 Å². The topological polar surface area (TPSA) is 27.6 Å². The van der Waals surface area contributed by atoms with Gasteiger partial charge in [-0.15, -0.1) is 6.58 Å². The lowest BCUT2D eigenvalue weighted by Gasteiger charge is -2.26. The van der Waals surface area contributed by atoms with Gasteiger partial charge in [0.25, 0.3) is 0 Å². The van der Waals surface area contributed by atoms with E-state index in [1.165, 1.54) is 17.6 Å². The van der Waals surface area contributed by atoms with Crippen molar-refractivity contribution in [1.82, 2.24) is 4.90 Å². The van der Waals surface area contributed by atoms with Crippen molar-refractivity contribution in [1.29, 1.82) is 0 Å². The lowest BCUT2D eigenvalue weighted by molar-refractivity contribution is 0.285. The van der Waals surface area contributed by atoms with Crippen molar-refractivity contribution in [2.75, 3.05) is 25.0 Å². The number of nitrogens with zero attached hydrogens (tertiary/aromatic N) is 2. The van der Waals surface area contributed by atoms with Gasteiger partial charge in [-0.3, -0.25) is 0 Å². The summed E-state index contributed by atoms with van der Waals surface area (Å²) in [4.78, 5) is 7.50. The monoisotopic (exact) mass is 459 g/mol. The molecular weight excluding hydrogens is 414 g/mol. The molecule has 0 saturated heterocycles. The van der Waals surface area contributed by atoms with Crippen LogP contribution in [0.5, 0.6) is 0 Å². The summed E-state index contributed by atoms with van der Waals surface area (Å²) >= 11 is 0. The number of benzene rings is 1. The Bertz CT molecular complexity index is 917. The molecule has 3 nitrogen and oxygen atoms in total. The van der Waals surface area contributed by atoms with Crippen molar-refractivity contribution in [3.05, 3.63) is 78.4 Å². The Morgan fingerprint density at radius 1 is 1.12 bits per heavy atom. The van der Waals surface area contributed by atoms with E-state index in [0.717, 1.165) is 56.0 Å². The summed E-state index contributed by atoms with van der Waals surface area (Å²) < 4.78 is 0. The summed E-state index contributed by atoms with van der Waals surface area (Å²) in [6, 6.07) is 6.64. The molecule has 2 atom stereocenters. The third kappa shape index (κ3) is 8.61. The van der Waals surface area contributed by atoms with Crippen LogP contribution in [0.25, 0.3) is 6.08 Å². The smallest absolute Gasteiger partial charge is 0.0874 e. The van der Waals surface area contributed by atoms with Gasteiger partial charge in [0.15, 0.2) is 0 Å². The average molecular weight is 460 g/mol. The lowest BCUT2D eigenvalue weighted by atomic mass is 9.97. The van der Waals surface area contributed by atoms with Crippen LogP contribution in [0.2, 0.25) is 0 Å². The zero-order valence-corrected chi connectivity index (χ0v) is 22.1. The van der Waals surface area contributed by atoms with Crippen molar-refractivity contribution in [2.24, 2.45) is 10.9 Å². The first-order valence-corrected chi connectivity index (χ1v) is 13.2. The highest BCUT2D eigenvalue weighted by Crippen LogP contribution is 2.33. The van der Waals surface area contributed by atoms with Gasteiger partial charge >= 0.3 is 0 Å². The SMILES string of the molecule is C=CCCN(CCC)CC/C=C\C1=CC2=Nc3cc(/C=C\C(C)CC)ccc3NC2C=C1.CC. The number of fused-ring (bicyclic) bond motifs is 2. The minimum atomic E-state index is 0.153. The maximum Gasteiger partial charge on any atom is 0.0874 e. The van der Waals surface area contributed by atoms with Gasteiger partial charge in [-0.2, -0.15) is 0 Å². The Kier molecular flexibility index (Phi) is 12.4.